The van der Waals surface area contributed by atoms with Gasteiger partial charge in [0.15, 0.2) is 0 Å². The van der Waals surface area contributed by atoms with Crippen molar-refractivity contribution >= 4 is 29.5 Å². The van der Waals surface area contributed by atoms with Crippen molar-refractivity contribution in [1.29, 1.82) is 0 Å². The highest BCUT2D eigenvalue weighted by Gasteiger charge is 2.20. The lowest BCUT2D eigenvalue weighted by molar-refractivity contribution is -0.120. The van der Waals surface area contributed by atoms with E-state index in [2.05, 4.69) is 61.5 Å². The number of aromatic nitrogens is 1. The van der Waals surface area contributed by atoms with Crippen molar-refractivity contribution < 1.29 is 14.0 Å². The van der Waals surface area contributed by atoms with Gasteiger partial charge >= 0.3 is 6.03 Å². The maximum absolute atomic E-state index is 13.0. The van der Waals surface area contributed by atoms with E-state index in [1.165, 1.54) is 28.9 Å². The molecule has 0 saturated heterocycles. The molecule has 0 bridgehead atoms. The van der Waals surface area contributed by atoms with Crippen molar-refractivity contribution in [1.82, 2.24) is 10.3 Å². The Morgan fingerprint density at radius 1 is 1.09 bits per heavy atom. The van der Waals surface area contributed by atoms with Crippen molar-refractivity contribution in [2.24, 2.45) is 5.73 Å². The van der Waals surface area contributed by atoms with Gasteiger partial charge in [-0.15, -0.1) is 0 Å². The lowest BCUT2D eigenvalue weighted by atomic mass is 10.1. The quantitative estimate of drug-likeness (QED) is 0.271. The van der Waals surface area contributed by atoms with E-state index in [4.69, 9.17) is 5.73 Å². The SMILES string of the molecule is CC(C)=CCC/C(C)=C/CC/C(C)=C/CSCC(Nc1ccc(F)cn1)C(=O)NC(N)=O. The summed E-state index contributed by atoms with van der Waals surface area (Å²) in [6.07, 6.45) is 11.9. The first-order valence-corrected chi connectivity index (χ1v) is 11.8. The van der Waals surface area contributed by atoms with Crippen molar-refractivity contribution in [3.05, 3.63) is 59.1 Å². The summed E-state index contributed by atoms with van der Waals surface area (Å²) >= 11 is 1.55. The van der Waals surface area contributed by atoms with Crippen LogP contribution in [0.1, 0.15) is 53.4 Å². The van der Waals surface area contributed by atoms with Crippen LogP contribution < -0.4 is 16.4 Å². The molecule has 176 valence electrons. The molecule has 1 rings (SSSR count). The third-order valence-corrected chi connectivity index (χ3v) is 5.54. The Bertz CT molecular complexity index is 831. The lowest BCUT2D eigenvalue weighted by Crippen LogP contribution is -2.46. The minimum absolute atomic E-state index is 0.343. The topological polar surface area (TPSA) is 97.1 Å². The number of hydrogen-bond acceptors (Lipinski definition) is 5. The summed E-state index contributed by atoms with van der Waals surface area (Å²) in [5.41, 5.74) is 9.11. The molecule has 0 aliphatic carbocycles. The van der Waals surface area contributed by atoms with E-state index < -0.39 is 23.8 Å². The zero-order chi connectivity index (χ0) is 23.9. The number of halogens is 1. The van der Waals surface area contributed by atoms with Gasteiger partial charge in [-0.05, 0) is 65.5 Å². The number of rotatable bonds is 13. The van der Waals surface area contributed by atoms with Crippen LogP contribution in [0.2, 0.25) is 0 Å². The number of nitrogens with zero attached hydrogens (tertiary/aromatic N) is 1. The number of allylic oxidation sites excluding steroid dienone is 5. The van der Waals surface area contributed by atoms with Gasteiger partial charge in [0, 0.05) is 11.5 Å². The fourth-order valence-corrected chi connectivity index (χ4v) is 3.77. The summed E-state index contributed by atoms with van der Waals surface area (Å²) in [4.78, 5) is 27.2. The number of carbonyl (C=O) groups excluding carboxylic acids is 2. The van der Waals surface area contributed by atoms with Crippen molar-refractivity contribution in [2.75, 3.05) is 16.8 Å². The number of carbonyl (C=O) groups is 2. The number of nitrogens with two attached hydrogens (primary N) is 1. The highest BCUT2D eigenvalue weighted by atomic mass is 32.2. The molecule has 0 aliphatic heterocycles. The zero-order valence-corrected chi connectivity index (χ0v) is 20.2. The van der Waals surface area contributed by atoms with Crippen LogP contribution in [0.5, 0.6) is 0 Å². The summed E-state index contributed by atoms with van der Waals surface area (Å²) in [6.45, 7) is 8.51. The molecule has 0 radical (unpaired) electrons. The van der Waals surface area contributed by atoms with Gasteiger partial charge < -0.3 is 11.1 Å². The highest BCUT2D eigenvalue weighted by Crippen LogP contribution is 2.14. The first-order chi connectivity index (χ1) is 15.2. The molecule has 1 aromatic rings. The molecule has 1 unspecified atom stereocenters. The second-order valence-electron chi connectivity index (χ2n) is 7.91. The highest BCUT2D eigenvalue weighted by molar-refractivity contribution is 7.99. The number of primary amides is 1. The van der Waals surface area contributed by atoms with E-state index in [1.54, 1.807) is 11.8 Å². The Balaban J connectivity index is 2.49. The van der Waals surface area contributed by atoms with E-state index in [1.807, 2.05) is 0 Å². The molecular formula is C24H35FN4O2S. The number of thioether (sulfide) groups is 1. The average Bonchev–Trinajstić information content (AvgIpc) is 2.70. The smallest absolute Gasteiger partial charge is 0.318 e. The Labute approximate surface area is 195 Å². The molecule has 8 heteroatoms. The van der Waals surface area contributed by atoms with Crippen LogP contribution in [-0.2, 0) is 4.79 Å². The third-order valence-electron chi connectivity index (χ3n) is 4.57. The maximum Gasteiger partial charge on any atom is 0.318 e. The fraction of sp³-hybridized carbons (Fsp3) is 0.458. The van der Waals surface area contributed by atoms with E-state index in [0.717, 1.165) is 37.6 Å². The molecule has 0 fully saturated rings. The van der Waals surface area contributed by atoms with Gasteiger partial charge in [0.25, 0.3) is 5.91 Å². The second kappa shape index (κ2) is 15.2. The standard InChI is InChI=1S/C24H35FN4O2S/c1-17(2)7-5-8-18(3)9-6-10-19(4)13-14-32-16-21(23(30)29-24(26)31)28-22-12-11-20(25)15-27-22/h7,9,11-13,15,21H,5-6,8,10,14,16H2,1-4H3,(H,27,28)(H3,26,29,30,31)/b18-9+,19-13+. The first kappa shape index (κ1) is 27.4. The molecule has 32 heavy (non-hydrogen) atoms. The predicted octanol–water partition coefficient (Wildman–Crippen LogP) is 5.35. The van der Waals surface area contributed by atoms with Gasteiger partial charge in [0.2, 0.25) is 0 Å². The predicted molar refractivity (Wildman–Crippen MR) is 132 cm³/mol. The average molecular weight is 463 g/mol. The van der Waals surface area contributed by atoms with Crippen LogP contribution in [0.15, 0.2) is 53.3 Å². The van der Waals surface area contributed by atoms with Gasteiger partial charge in [-0.1, -0.05) is 34.9 Å². The van der Waals surface area contributed by atoms with Gasteiger partial charge in [0.05, 0.1) is 6.20 Å². The Morgan fingerprint density at radius 3 is 2.34 bits per heavy atom. The second-order valence-corrected chi connectivity index (χ2v) is 8.98. The van der Waals surface area contributed by atoms with Gasteiger partial charge in [-0.2, -0.15) is 11.8 Å². The molecule has 0 spiro atoms. The van der Waals surface area contributed by atoms with E-state index in [-0.39, 0.29) is 0 Å². The molecule has 1 atom stereocenters. The number of nitrogens with one attached hydrogen (secondary N) is 2. The summed E-state index contributed by atoms with van der Waals surface area (Å²) < 4.78 is 13.0. The molecular weight excluding hydrogens is 427 g/mol. The normalized spacial score (nSPS) is 12.8. The first-order valence-electron chi connectivity index (χ1n) is 10.7. The number of urea groups is 1. The lowest BCUT2D eigenvalue weighted by Gasteiger charge is -2.17. The minimum Gasteiger partial charge on any atom is -0.358 e. The molecule has 1 heterocycles. The maximum atomic E-state index is 13.0. The molecule has 4 N–H and O–H groups in total. The Morgan fingerprint density at radius 2 is 1.75 bits per heavy atom. The summed E-state index contributed by atoms with van der Waals surface area (Å²) in [5.74, 6) is 0.446. The van der Waals surface area contributed by atoms with Gasteiger partial charge in [0.1, 0.15) is 17.7 Å². The molecule has 6 nitrogen and oxygen atoms in total. The number of imide groups is 1. The molecule has 0 aliphatic rings. The molecule has 1 aromatic heterocycles. The largest absolute Gasteiger partial charge is 0.358 e. The molecule has 3 amide bonds. The Hall–Kier alpha value is -2.61. The summed E-state index contributed by atoms with van der Waals surface area (Å²) in [6, 6.07) is 1.03. The van der Waals surface area contributed by atoms with Gasteiger partial charge in [-0.3, -0.25) is 10.1 Å². The molecule has 0 saturated carbocycles. The Kier molecular flexibility index (Phi) is 13.1. The van der Waals surface area contributed by atoms with Crippen LogP contribution in [0.3, 0.4) is 0 Å². The number of pyridine rings is 1. The number of hydrogen-bond donors (Lipinski definition) is 3. The zero-order valence-electron chi connectivity index (χ0n) is 19.4. The van der Waals surface area contributed by atoms with E-state index in [0.29, 0.717) is 11.6 Å². The monoisotopic (exact) mass is 462 g/mol. The van der Waals surface area contributed by atoms with Crippen molar-refractivity contribution in [3.8, 4) is 0 Å². The van der Waals surface area contributed by atoms with Gasteiger partial charge in [-0.25, -0.2) is 14.2 Å². The van der Waals surface area contributed by atoms with Crippen LogP contribution >= 0.6 is 11.8 Å². The summed E-state index contributed by atoms with van der Waals surface area (Å²) in [7, 11) is 0. The minimum atomic E-state index is -0.918. The van der Waals surface area contributed by atoms with Crippen molar-refractivity contribution in [3.63, 3.8) is 0 Å². The van der Waals surface area contributed by atoms with E-state index in [9.17, 15) is 14.0 Å². The van der Waals surface area contributed by atoms with Crippen LogP contribution in [-0.4, -0.2) is 34.5 Å². The number of amides is 3. The fourth-order valence-electron chi connectivity index (χ4n) is 2.76. The van der Waals surface area contributed by atoms with Crippen LogP contribution in [0, 0.1) is 5.82 Å². The van der Waals surface area contributed by atoms with Crippen molar-refractivity contribution in [2.45, 2.75) is 59.4 Å². The van der Waals surface area contributed by atoms with E-state index >= 15 is 0 Å². The molecule has 0 aromatic carbocycles. The van der Waals surface area contributed by atoms with Crippen LogP contribution in [0.4, 0.5) is 15.0 Å². The number of anilines is 1. The van der Waals surface area contributed by atoms with Crippen LogP contribution in [0.25, 0.3) is 0 Å². The summed E-state index contributed by atoms with van der Waals surface area (Å²) in [5, 5.41) is 5.00. The third kappa shape index (κ3) is 12.9.